The Bertz CT molecular complexity index is 555. The van der Waals surface area contributed by atoms with Crippen LogP contribution in [0.25, 0.3) is 0 Å². The van der Waals surface area contributed by atoms with E-state index in [9.17, 15) is 4.79 Å². The molecule has 2 aromatic rings. The van der Waals surface area contributed by atoms with E-state index in [1.807, 2.05) is 19.1 Å². The van der Waals surface area contributed by atoms with E-state index in [-0.39, 0.29) is 0 Å². The van der Waals surface area contributed by atoms with E-state index in [0.717, 1.165) is 17.1 Å². The molecular weight excluding hydrogens is 244 g/mol. The second kappa shape index (κ2) is 5.36. The van der Waals surface area contributed by atoms with E-state index in [1.165, 1.54) is 22.5 Å². The van der Waals surface area contributed by atoms with Gasteiger partial charge in [0.25, 0.3) is 0 Å². The Morgan fingerprint density at radius 3 is 2.61 bits per heavy atom. The third-order valence-electron chi connectivity index (χ3n) is 2.72. The molecule has 0 fully saturated rings. The summed E-state index contributed by atoms with van der Waals surface area (Å²) in [4.78, 5) is 11.3. The zero-order valence-electron chi connectivity index (χ0n) is 10.8. The highest BCUT2D eigenvalue weighted by molar-refractivity contribution is 7.15. The number of hydrogen-bond donors (Lipinski definition) is 0. The van der Waals surface area contributed by atoms with E-state index in [0.29, 0.717) is 10.8 Å². The maximum Gasteiger partial charge on any atom is 0.181 e. The lowest BCUT2D eigenvalue weighted by atomic mass is 10.0. The number of rotatable bonds is 4. The molecule has 0 aliphatic carbocycles. The summed E-state index contributed by atoms with van der Waals surface area (Å²) in [6.07, 6.45) is 0.844. The molecule has 2 nitrogen and oxygen atoms in total. The highest BCUT2D eigenvalue weighted by Gasteiger charge is 2.10. The molecule has 0 saturated carbocycles. The minimum absolute atomic E-state index is 0.408. The van der Waals surface area contributed by atoms with Crippen LogP contribution in [0.1, 0.15) is 40.6 Å². The quantitative estimate of drug-likeness (QED) is 0.739. The first-order valence-electron chi connectivity index (χ1n) is 5.93. The van der Waals surface area contributed by atoms with E-state index in [1.54, 1.807) is 6.07 Å². The number of aldehydes is 1. The average Bonchev–Trinajstić information content (AvgIpc) is 2.76. The van der Waals surface area contributed by atoms with Gasteiger partial charge in [0.05, 0.1) is 4.88 Å². The van der Waals surface area contributed by atoms with Gasteiger partial charge >= 0.3 is 0 Å². The van der Waals surface area contributed by atoms with Crippen molar-refractivity contribution in [2.45, 2.75) is 26.7 Å². The van der Waals surface area contributed by atoms with Gasteiger partial charge in [0, 0.05) is 0 Å². The Morgan fingerprint density at radius 1 is 1.22 bits per heavy atom. The third-order valence-corrected chi connectivity index (χ3v) is 3.61. The fourth-order valence-electron chi connectivity index (χ4n) is 1.77. The second-order valence-corrected chi connectivity index (χ2v) is 5.65. The Labute approximate surface area is 111 Å². The Kier molecular flexibility index (Phi) is 3.82. The van der Waals surface area contributed by atoms with Crippen molar-refractivity contribution in [1.82, 2.24) is 0 Å². The molecule has 94 valence electrons. The fraction of sp³-hybridized carbons (Fsp3) is 0.267. The van der Waals surface area contributed by atoms with E-state index < -0.39 is 0 Å². The van der Waals surface area contributed by atoms with Crippen molar-refractivity contribution in [2.75, 3.05) is 0 Å². The van der Waals surface area contributed by atoms with Crippen LogP contribution in [0, 0.1) is 6.92 Å². The van der Waals surface area contributed by atoms with Gasteiger partial charge in [-0.05, 0) is 42.2 Å². The second-order valence-electron chi connectivity index (χ2n) is 4.57. The van der Waals surface area contributed by atoms with Crippen LogP contribution in [0.3, 0.4) is 0 Å². The van der Waals surface area contributed by atoms with Gasteiger partial charge in [-0.25, -0.2) is 0 Å². The molecule has 0 unspecified atom stereocenters. The molecule has 1 aromatic heterocycles. The third kappa shape index (κ3) is 2.79. The number of aryl methyl sites for hydroxylation is 1. The molecule has 3 heteroatoms. The standard InChI is InChI=1S/C15H16O2S/c1-10(2)13-6-4-11(3)8-14(13)17-15-7-5-12(9-16)18-15/h4-10H,1-3H3. The summed E-state index contributed by atoms with van der Waals surface area (Å²) < 4.78 is 5.89. The van der Waals surface area contributed by atoms with Crippen LogP contribution < -0.4 is 4.74 Å². The van der Waals surface area contributed by atoms with Crippen LogP contribution in [-0.2, 0) is 0 Å². The predicted octanol–water partition coefficient (Wildman–Crippen LogP) is 4.78. The summed E-state index contributed by atoms with van der Waals surface area (Å²) in [5, 5.41) is 0.754. The SMILES string of the molecule is Cc1ccc(C(C)C)c(Oc2ccc(C=O)s2)c1. The molecule has 0 saturated heterocycles. The largest absolute Gasteiger partial charge is 0.446 e. The predicted molar refractivity (Wildman–Crippen MR) is 75.0 cm³/mol. The van der Waals surface area contributed by atoms with Crippen LogP contribution in [0.2, 0.25) is 0 Å². The molecule has 0 spiro atoms. The topological polar surface area (TPSA) is 26.3 Å². The highest BCUT2D eigenvalue weighted by Crippen LogP contribution is 2.34. The van der Waals surface area contributed by atoms with Gasteiger partial charge in [0.1, 0.15) is 5.75 Å². The molecule has 0 aliphatic heterocycles. The van der Waals surface area contributed by atoms with Crippen molar-refractivity contribution in [3.05, 3.63) is 46.3 Å². The van der Waals surface area contributed by atoms with E-state index >= 15 is 0 Å². The van der Waals surface area contributed by atoms with Crippen molar-refractivity contribution < 1.29 is 9.53 Å². The first-order chi connectivity index (χ1) is 8.60. The molecule has 0 radical (unpaired) electrons. The molecule has 0 bridgehead atoms. The Hall–Kier alpha value is -1.61. The zero-order valence-corrected chi connectivity index (χ0v) is 11.6. The van der Waals surface area contributed by atoms with Crippen LogP contribution in [0.5, 0.6) is 10.8 Å². The lowest BCUT2D eigenvalue weighted by molar-refractivity contribution is 0.112. The summed E-state index contributed by atoms with van der Waals surface area (Å²) >= 11 is 1.36. The smallest absolute Gasteiger partial charge is 0.181 e. The summed E-state index contributed by atoms with van der Waals surface area (Å²) in [5.74, 6) is 1.29. The molecule has 0 atom stereocenters. The maximum absolute atomic E-state index is 10.7. The van der Waals surface area contributed by atoms with Crippen LogP contribution in [0.15, 0.2) is 30.3 Å². The zero-order chi connectivity index (χ0) is 13.1. The van der Waals surface area contributed by atoms with Gasteiger partial charge in [0.15, 0.2) is 11.3 Å². The van der Waals surface area contributed by atoms with E-state index in [4.69, 9.17) is 4.74 Å². The van der Waals surface area contributed by atoms with Crippen LogP contribution >= 0.6 is 11.3 Å². The Balaban J connectivity index is 2.32. The van der Waals surface area contributed by atoms with E-state index in [2.05, 4.69) is 26.0 Å². The summed E-state index contributed by atoms with van der Waals surface area (Å²) in [6, 6.07) is 9.84. The summed E-state index contributed by atoms with van der Waals surface area (Å²) in [5.41, 5.74) is 2.35. The van der Waals surface area contributed by atoms with Gasteiger partial charge in [-0.1, -0.05) is 37.3 Å². The first kappa shape index (κ1) is 12.8. The lowest BCUT2D eigenvalue weighted by Crippen LogP contribution is -1.93. The van der Waals surface area contributed by atoms with Gasteiger partial charge in [-0.15, -0.1) is 0 Å². The van der Waals surface area contributed by atoms with Crippen LogP contribution in [0.4, 0.5) is 0 Å². The molecule has 1 aromatic carbocycles. The number of thiophene rings is 1. The molecule has 2 rings (SSSR count). The number of hydrogen-bond acceptors (Lipinski definition) is 3. The normalized spacial score (nSPS) is 10.7. The number of carbonyl (C=O) groups excluding carboxylic acids is 1. The summed E-state index contributed by atoms with van der Waals surface area (Å²) in [7, 11) is 0. The van der Waals surface area contributed by atoms with Crippen molar-refractivity contribution in [3.63, 3.8) is 0 Å². The lowest BCUT2D eigenvalue weighted by Gasteiger charge is -2.13. The minimum atomic E-state index is 0.408. The van der Waals surface area contributed by atoms with Crippen molar-refractivity contribution in [3.8, 4) is 10.8 Å². The molecule has 18 heavy (non-hydrogen) atoms. The molecule has 1 heterocycles. The number of ether oxygens (including phenoxy) is 1. The van der Waals surface area contributed by atoms with Gasteiger partial charge in [-0.2, -0.15) is 0 Å². The first-order valence-corrected chi connectivity index (χ1v) is 6.75. The maximum atomic E-state index is 10.7. The van der Waals surface area contributed by atoms with Gasteiger partial charge < -0.3 is 4.74 Å². The highest BCUT2D eigenvalue weighted by atomic mass is 32.1. The van der Waals surface area contributed by atoms with Gasteiger partial charge in [0.2, 0.25) is 0 Å². The van der Waals surface area contributed by atoms with Crippen molar-refractivity contribution >= 4 is 17.6 Å². The molecule has 0 amide bonds. The van der Waals surface area contributed by atoms with Crippen molar-refractivity contribution in [2.24, 2.45) is 0 Å². The average molecular weight is 260 g/mol. The molecular formula is C15H16O2S. The number of carbonyl (C=O) groups is 1. The Morgan fingerprint density at radius 2 is 2.00 bits per heavy atom. The van der Waals surface area contributed by atoms with Crippen LogP contribution in [-0.4, -0.2) is 6.29 Å². The number of benzene rings is 1. The molecule has 0 aliphatic rings. The van der Waals surface area contributed by atoms with Crippen molar-refractivity contribution in [1.29, 1.82) is 0 Å². The van der Waals surface area contributed by atoms with Gasteiger partial charge in [-0.3, -0.25) is 4.79 Å². The molecule has 0 N–H and O–H groups in total. The minimum Gasteiger partial charge on any atom is -0.446 e. The fourth-order valence-corrected chi connectivity index (χ4v) is 2.45. The monoisotopic (exact) mass is 260 g/mol. The summed E-state index contributed by atoms with van der Waals surface area (Å²) in [6.45, 7) is 6.33.